The highest BCUT2D eigenvalue weighted by Crippen LogP contribution is 2.12. The zero-order valence-electron chi connectivity index (χ0n) is 13.9. The van der Waals surface area contributed by atoms with Gasteiger partial charge in [-0.1, -0.05) is 0 Å². The van der Waals surface area contributed by atoms with Crippen LogP contribution in [0.5, 0.6) is 5.75 Å². The molecule has 2 rings (SSSR count). The molecule has 2 atom stereocenters. The van der Waals surface area contributed by atoms with Gasteiger partial charge in [-0.2, -0.15) is 0 Å². The molecule has 1 aliphatic heterocycles. The van der Waals surface area contributed by atoms with Crippen LogP contribution in [-0.4, -0.2) is 55.2 Å². The predicted molar refractivity (Wildman–Crippen MR) is 86.5 cm³/mol. The van der Waals surface area contributed by atoms with Gasteiger partial charge in [0.2, 0.25) is 5.91 Å². The lowest BCUT2D eigenvalue weighted by Gasteiger charge is -2.35. The van der Waals surface area contributed by atoms with Gasteiger partial charge in [-0.3, -0.25) is 9.59 Å². The quantitative estimate of drug-likeness (QED) is 0.892. The van der Waals surface area contributed by atoms with Crippen LogP contribution in [0.25, 0.3) is 0 Å². The molecule has 2 amide bonds. The summed E-state index contributed by atoms with van der Waals surface area (Å²) in [6.45, 7) is 7.47. The van der Waals surface area contributed by atoms with Crippen LogP contribution >= 0.6 is 0 Å². The van der Waals surface area contributed by atoms with Crippen LogP contribution in [0.15, 0.2) is 24.3 Å². The zero-order valence-corrected chi connectivity index (χ0v) is 13.9. The Bertz CT molecular complexity index is 534. The fourth-order valence-corrected chi connectivity index (χ4v) is 2.62. The van der Waals surface area contributed by atoms with E-state index < -0.39 is 0 Å². The van der Waals surface area contributed by atoms with E-state index in [2.05, 4.69) is 5.32 Å². The summed E-state index contributed by atoms with van der Waals surface area (Å²) in [6.07, 6.45) is 0.0361. The molecular formula is C17H24N2O4. The van der Waals surface area contributed by atoms with Gasteiger partial charge in [0.25, 0.3) is 5.91 Å². The molecule has 1 aromatic carbocycles. The lowest BCUT2D eigenvalue weighted by atomic mass is 10.2. The Morgan fingerprint density at radius 2 is 1.83 bits per heavy atom. The van der Waals surface area contributed by atoms with E-state index in [1.807, 2.05) is 20.8 Å². The number of rotatable bonds is 5. The Labute approximate surface area is 136 Å². The third-order valence-electron chi connectivity index (χ3n) is 3.60. The van der Waals surface area contributed by atoms with Crippen LogP contribution in [0.2, 0.25) is 0 Å². The Morgan fingerprint density at radius 1 is 1.22 bits per heavy atom. The van der Waals surface area contributed by atoms with Crippen molar-refractivity contribution >= 4 is 11.8 Å². The largest absolute Gasteiger partial charge is 0.494 e. The molecule has 0 unspecified atom stereocenters. The Balaban J connectivity index is 1.84. The SMILES string of the molecule is CCOc1ccc(C(=O)NCC(=O)N2C[C@@H](C)O[C@@H](C)C2)cc1. The van der Waals surface area contributed by atoms with Gasteiger partial charge in [-0.15, -0.1) is 0 Å². The number of carbonyl (C=O) groups is 2. The lowest BCUT2D eigenvalue weighted by Crippen LogP contribution is -2.51. The van der Waals surface area contributed by atoms with Gasteiger partial charge >= 0.3 is 0 Å². The normalized spacial score (nSPS) is 20.9. The van der Waals surface area contributed by atoms with Crippen molar-refractivity contribution in [1.82, 2.24) is 10.2 Å². The van der Waals surface area contributed by atoms with E-state index >= 15 is 0 Å². The van der Waals surface area contributed by atoms with Gasteiger partial charge in [-0.25, -0.2) is 0 Å². The fraction of sp³-hybridized carbons (Fsp3) is 0.529. The van der Waals surface area contributed by atoms with Crippen LogP contribution < -0.4 is 10.1 Å². The van der Waals surface area contributed by atoms with Crippen LogP contribution in [0, 0.1) is 0 Å². The summed E-state index contributed by atoms with van der Waals surface area (Å²) in [5.74, 6) is 0.360. The van der Waals surface area contributed by atoms with Crippen molar-refractivity contribution in [3.8, 4) is 5.75 Å². The zero-order chi connectivity index (χ0) is 16.8. The number of carbonyl (C=O) groups excluding carboxylic acids is 2. The summed E-state index contributed by atoms with van der Waals surface area (Å²) < 4.78 is 10.9. The maximum absolute atomic E-state index is 12.2. The topological polar surface area (TPSA) is 67.9 Å². The molecule has 1 saturated heterocycles. The summed E-state index contributed by atoms with van der Waals surface area (Å²) in [4.78, 5) is 26.0. The van der Waals surface area contributed by atoms with E-state index in [9.17, 15) is 9.59 Å². The first kappa shape index (κ1) is 17.3. The molecule has 0 radical (unpaired) electrons. The summed E-state index contributed by atoms with van der Waals surface area (Å²) in [7, 11) is 0. The highest BCUT2D eigenvalue weighted by Gasteiger charge is 2.25. The summed E-state index contributed by atoms with van der Waals surface area (Å²) in [5.41, 5.74) is 0.505. The second kappa shape index (κ2) is 7.97. The molecule has 126 valence electrons. The first-order valence-electron chi connectivity index (χ1n) is 7.94. The number of amides is 2. The molecule has 0 aliphatic carbocycles. The Hall–Kier alpha value is -2.08. The van der Waals surface area contributed by atoms with Crippen molar-refractivity contribution in [2.75, 3.05) is 26.2 Å². The van der Waals surface area contributed by atoms with Gasteiger partial charge < -0.3 is 19.7 Å². The monoisotopic (exact) mass is 320 g/mol. The van der Waals surface area contributed by atoms with Crippen LogP contribution in [0.4, 0.5) is 0 Å². The molecule has 1 N–H and O–H groups in total. The van der Waals surface area contributed by atoms with E-state index in [-0.39, 0.29) is 30.6 Å². The smallest absolute Gasteiger partial charge is 0.251 e. The van der Waals surface area contributed by atoms with Crippen molar-refractivity contribution < 1.29 is 19.1 Å². The predicted octanol–water partition coefficient (Wildman–Crippen LogP) is 1.45. The molecule has 6 nitrogen and oxygen atoms in total. The maximum atomic E-state index is 12.2. The maximum Gasteiger partial charge on any atom is 0.251 e. The number of hydrogen-bond donors (Lipinski definition) is 1. The van der Waals surface area contributed by atoms with E-state index in [1.165, 1.54) is 0 Å². The van der Waals surface area contributed by atoms with Crippen molar-refractivity contribution in [2.45, 2.75) is 33.0 Å². The molecule has 0 bridgehead atoms. The Morgan fingerprint density at radius 3 is 2.39 bits per heavy atom. The molecular weight excluding hydrogens is 296 g/mol. The van der Waals surface area contributed by atoms with Gasteiger partial charge in [0.15, 0.2) is 0 Å². The van der Waals surface area contributed by atoms with Gasteiger partial charge in [0.1, 0.15) is 5.75 Å². The van der Waals surface area contributed by atoms with Crippen molar-refractivity contribution in [1.29, 1.82) is 0 Å². The van der Waals surface area contributed by atoms with Crippen molar-refractivity contribution in [3.63, 3.8) is 0 Å². The first-order valence-corrected chi connectivity index (χ1v) is 7.94. The van der Waals surface area contributed by atoms with Crippen molar-refractivity contribution in [2.24, 2.45) is 0 Å². The molecule has 0 saturated carbocycles. The minimum absolute atomic E-state index is 0.00845. The Kier molecular flexibility index (Phi) is 5.98. The third kappa shape index (κ3) is 4.96. The summed E-state index contributed by atoms with van der Waals surface area (Å²) in [5, 5.41) is 2.67. The standard InChI is InChI=1S/C17H24N2O4/c1-4-22-15-7-5-14(6-8-15)17(21)18-9-16(20)19-10-12(2)23-13(3)11-19/h5-8,12-13H,4,9-11H2,1-3H3,(H,18,21)/t12-,13+. The number of nitrogens with zero attached hydrogens (tertiary/aromatic N) is 1. The second-order valence-corrected chi connectivity index (χ2v) is 5.70. The average molecular weight is 320 g/mol. The first-order chi connectivity index (χ1) is 11.0. The van der Waals surface area contributed by atoms with Crippen molar-refractivity contribution in [3.05, 3.63) is 29.8 Å². The highest BCUT2D eigenvalue weighted by atomic mass is 16.5. The van der Waals surface area contributed by atoms with Crippen LogP contribution in [0.1, 0.15) is 31.1 Å². The molecule has 6 heteroatoms. The minimum atomic E-state index is -0.268. The molecule has 23 heavy (non-hydrogen) atoms. The number of morpholine rings is 1. The fourth-order valence-electron chi connectivity index (χ4n) is 2.62. The number of benzene rings is 1. The van der Waals surface area contributed by atoms with Gasteiger partial charge in [-0.05, 0) is 45.0 Å². The van der Waals surface area contributed by atoms with E-state index in [1.54, 1.807) is 29.2 Å². The van der Waals surface area contributed by atoms with E-state index in [0.29, 0.717) is 25.3 Å². The van der Waals surface area contributed by atoms with E-state index in [0.717, 1.165) is 5.75 Å². The molecule has 1 aromatic rings. The van der Waals surface area contributed by atoms with Crippen LogP contribution in [-0.2, 0) is 9.53 Å². The third-order valence-corrected chi connectivity index (χ3v) is 3.60. The van der Waals surface area contributed by atoms with Gasteiger partial charge in [0.05, 0.1) is 25.4 Å². The number of nitrogens with one attached hydrogen (secondary N) is 1. The minimum Gasteiger partial charge on any atom is -0.494 e. The highest BCUT2D eigenvalue weighted by molar-refractivity contribution is 5.96. The summed E-state index contributed by atoms with van der Waals surface area (Å²) >= 11 is 0. The molecule has 0 spiro atoms. The molecule has 1 aliphatic rings. The number of ether oxygens (including phenoxy) is 2. The molecule has 0 aromatic heterocycles. The average Bonchev–Trinajstić information content (AvgIpc) is 2.52. The molecule has 1 fully saturated rings. The van der Waals surface area contributed by atoms with Crippen LogP contribution in [0.3, 0.4) is 0 Å². The molecule has 1 heterocycles. The number of hydrogen-bond acceptors (Lipinski definition) is 4. The van der Waals surface area contributed by atoms with Gasteiger partial charge in [0, 0.05) is 18.7 Å². The second-order valence-electron chi connectivity index (χ2n) is 5.70. The lowest BCUT2D eigenvalue weighted by molar-refractivity contribution is -0.142. The van der Waals surface area contributed by atoms with E-state index in [4.69, 9.17) is 9.47 Å². The summed E-state index contributed by atoms with van der Waals surface area (Å²) in [6, 6.07) is 6.85.